The van der Waals surface area contributed by atoms with E-state index in [2.05, 4.69) is 19.6 Å². The third-order valence-corrected chi connectivity index (χ3v) is 4.19. The molecule has 12 heavy (non-hydrogen) atoms. The summed E-state index contributed by atoms with van der Waals surface area (Å²) in [5.74, 6) is 1.96. The normalized spacial score (nSPS) is 40.8. The molecule has 0 aromatic rings. The molecule has 2 fully saturated rings. The third-order valence-electron chi connectivity index (χ3n) is 3.18. The van der Waals surface area contributed by atoms with Gasteiger partial charge in [-0.1, -0.05) is 0 Å². The van der Waals surface area contributed by atoms with Gasteiger partial charge in [-0.25, -0.2) is 0 Å². The Balaban J connectivity index is 1.91. The summed E-state index contributed by atoms with van der Waals surface area (Å²) >= 11 is 0. The summed E-state index contributed by atoms with van der Waals surface area (Å²) in [4.78, 5) is 0. The van der Waals surface area contributed by atoms with Crippen molar-refractivity contribution in [2.24, 2.45) is 11.8 Å². The molecule has 0 unspecified atom stereocenters. The molecule has 2 aliphatic carbocycles. The maximum absolute atomic E-state index is 6.17. The van der Waals surface area contributed by atoms with Crippen molar-refractivity contribution in [1.82, 2.24) is 0 Å². The highest BCUT2D eigenvalue weighted by Crippen LogP contribution is 2.46. The number of hydrogen-bond donors (Lipinski definition) is 0. The van der Waals surface area contributed by atoms with E-state index in [0.717, 1.165) is 11.8 Å². The Morgan fingerprint density at radius 3 is 2.25 bits per heavy atom. The minimum Gasteiger partial charge on any atom is -0.414 e. The van der Waals surface area contributed by atoms with Crippen LogP contribution >= 0.6 is 0 Å². The fourth-order valence-corrected chi connectivity index (χ4v) is 3.98. The molecule has 70 valence electrons. The fraction of sp³-hybridized carbons (Fsp3) is 1.00. The lowest BCUT2D eigenvalue weighted by Gasteiger charge is -2.29. The molecule has 2 heteroatoms. The van der Waals surface area contributed by atoms with Crippen LogP contribution in [-0.4, -0.2) is 14.4 Å². The Bertz CT molecular complexity index is 173. The average molecular weight is 184 g/mol. The van der Waals surface area contributed by atoms with Gasteiger partial charge in [0, 0.05) is 6.10 Å². The highest BCUT2D eigenvalue weighted by molar-refractivity contribution is 6.69. The minimum absolute atomic E-state index is 0.649. The molecule has 3 atom stereocenters. The van der Waals surface area contributed by atoms with Gasteiger partial charge in [0.2, 0.25) is 0 Å². The van der Waals surface area contributed by atoms with Crippen LogP contribution in [0.4, 0.5) is 0 Å². The van der Waals surface area contributed by atoms with E-state index in [1.165, 1.54) is 25.7 Å². The number of fused-ring (bicyclic) bond motifs is 2. The number of rotatable bonds is 2. The van der Waals surface area contributed by atoms with Crippen molar-refractivity contribution in [2.75, 3.05) is 0 Å². The predicted molar refractivity (Wildman–Crippen MR) is 53.7 cm³/mol. The van der Waals surface area contributed by atoms with E-state index < -0.39 is 8.32 Å². The monoisotopic (exact) mass is 184 g/mol. The maximum Gasteiger partial charge on any atom is 0.184 e. The van der Waals surface area contributed by atoms with Crippen molar-refractivity contribution >= 4 is 8.32 Å². The van der Waals surface area contributed by atoms with Crippen LogP contribution in [0.15, 0.2) is 0 Å². The quantitative estimate of drug-likeness (QED) is 0.599. The topological polar surface area (TPSA) is 9.23 Å². The van der Waals surface area contributed by atoms with Crippen LogP contribution in [0.25, 0.3) is 0 Å². The van der Waals surface area contributed by atoms with Crippen LogP contribution in [0.5, 0.6) is 0 Å². The molecule has 2 bridgehead atoms. The molecule has 0 amide bonds. The third kappa shape index (κ3) is 1.74. The van der Waals surface area contributed by atoms with Crippen LogP contribution < -0.4 is 0 Å². The van der Waals surface area contributed by atoms with Gasteiger partial charge in [0.05, 0.1) is 0 Å². The van der Waals surface area contributed by atoms with Crippen LogP contribution in [0.1, 0.15) is 25.7 Å². The SMILES string of the molecule is C[Si](C)(C)O[C@@H]1C[C@@H]2CC[C@H]1C2. The van der Waals surface area contributed by atoms with Crippen molar-refractivity contribution in [3.8, 4) is 0 Å². The van der Waals surface area contributed by atoms with Gasteiger partial charge >= 0.3 is 0 Å². The Hall–Kier alpha value is 0.177. The molecular formula is C10H20OSi. The first-order valence-electron chi connectivity index (χ1n) is 5.22. The fourth-order valence-electron chi connectivity index (χ4n) is 2.78. The molecule has 2 rings (SSSR count). The van der Waals surface area contributed by atoms with Crippen LogP contribution in [0, 0.1) is 11.8 Å². The first kappa shape index (κ1) is 8.76. The zero-order valence-corrected chi connectivity index (χ0v) is 9.47. The van der Waals surface area contributed by atoms with Crippen molar-refractivity contribution in [2.45, 2.75) is 51.4 Å². The smallest absolute Gasteiger partial charge is 0.184 e. The Morgan fingerprint density at radius 1 is 1.08 bits per heavy atom. The van der Waals surface area contributed by atoms with Crippen molar-refractivity contribution in [3.63, 3.8) is 0 Å². The van der Waals surface area contributed by atoms with Gasteiger partial charge in [-0.15, -0.1) is 0 Å². The summed E-state index contributed by atoms with van der Waals surface area (Å²) in [6.07, 6.45) is 6.41. The van der Waals surface area contributed by atoms with Gasteiger partial charge in [-0.05, 0) is 57.2 Å². The van der Waals surface area contributed by atoms with Crippen molar-refractivity contribution < 1.29 is 4.43 Å². The molecule has 2 aliphatic rings. The average Bonchev–Trinajstić information content (AvgIpc) is 2.42. The lowest BCUT2D eigenvalue weighted by Crippen LogP contribution is -2.34. The molecule has 0 aromatic carbocycles. The maximum atomic E-state index is 6.17. The Labute approximate surface area is 76.6 Å². The molecule has 0 N–H and O–H groups in total. The molecule has 1 nitrogen and oxygen atoms in total. The number of hydrogen-bond acceptors (Lipinski definition) is 1. The van der Waals surface area contributed by atoms with E-state index >= 15 is 0 Å². The molecule has 0 saturated heterocycles. The molecular weight excluding hydrogens is 164 g/mol. The van der Waals surface area contributed by atoms with E-state index in [1.807, 2.05) is 0 Å². The second kappa shape index (κ2) is 2.84. The summed E-state index contributed by atoms with van der Waals surface area (Å²) in [7, 11) is -1.26. The summed E-state index contributed by atoms with van der Waals surface area (Å²) in [5, 5.41) is 0. The van der Waals surface area contributed by atoms with Gasteiger partial charge in [-0.3, -0.25) is 0 Å². The van der Waals surface area contributed by atoms with Gasteiger partial charge in [0.1, 0.15) is 0 Å². The minimum atomic E-state index is -1.26. The zero-order chi connectivity index (χ0) is 8.77. The van der Waals surface area contributed by atoms with Gasteiger partial charge in [0.25, 0.3) is 0 Å². The van der Waals surface area contributed by atoms with Gasteiger partial charge in [0.15, 0.2) is 8.32 Å². The second-order valence-corrected chi connectivity index (χ2v) is 9.90. The summed E-state index contributed by atoms with van der Waals surface area (Å²) < 4.78 is 6.17. The molecule has 2 saturated carbocycles. The second-order valence-electron chi connectivity index (χ2n) is 5.44. The summed E-state index contributed by atoms with van der Waals surface area (Å²) in [5.41, 5.74) is 0. The van der Waals surface area contributed by atoms with Crippen LogP contribution in [0.3, 0.4) is 0 Å². The highest BCUT2D eigenvalue weighted by Gasteiger charge is 2.41. The largest absolute Gasteiger partial charge is 0.414 e. The molecule has 0 radical (unpaired) electrons. The van der Waals surface area contributed by atoms with E-state index in [9.17, 15) is 0 Å². The van der Waals surface area contributed by atoms with Crippen LogP contribution in [0.2, 0.25) is 19.6 Å². The van der Waals surface area contributed by atoms with E-state index in [1.54, 1.807) is 0 Å². The van der Waals surface area contributed by atoms with Crippen LogP contribution in [-0.2, 0) is 4.43 Å². The predicted octanol–water partition coefficient (Wildman–Crippen LogP) is 3.03. The summed E-state index contributed by atoms with van der Waals surface area (Å²) in [6.45, 7) is 6.91. The van der Waals surface area contributed by atoms with E-state index in [4.69, 9.17) is 4.43 Å². The lowest BCUT2D eigenvalue weighted by molar-refractivity contribution is 0.131. The Kier molecular flexibility index (Phi) is 2.08. The molecule has 0 heterocycles. The molecule has 0 aromatic heterocycles. The van der Waals surface area contributed by atoms with Gasteiger partial charge in [-0.2, -0.15) is 0 Å². The van der Waals surface area contributed by atoms with Crippen molar-refractivity contribution in [1.29, 1.82) is 0 Å². The standard InChI is InChI=1S/C10H20OSi/c1-12(2,3)11-10-7-8-4-5-9(10)6-8/h8-10H,4-7H2,1-3H3/t8-,9+,10-/m1/s1. The molecule has 0 spiro atoms. The van der Waals surface area contributed by atoms with Gasteiger partial charge < -0.3 is 4.43 Å². The van der Waals surface area contributed by atoms with Crippen molar-refractivity contribution in [3.05, 3.63) is 0 Å². The Morgan fingerprint density at radius 2 is 1.83 bits per heavy atom. The lowest BCUT2D eigenvalue weighted by atomic mass is 9.98. The first-order valence-corrected chi connectivity index (χ1v) is 8.63. The van der Waals surface area contributed by atoms with E-state index in [-0.39, 0.29) is 0 Å². The first-order chi connectivity index (χ1) is 5.54. The highest BCUT2D eigenvalue weighted by atomic mass is 28.4. The summed E-state index contributed by atoms with van der Waals surface area (Å²) in [6, 6.07) is 0. The van der Waals surface area contributed by atoms with E-state index in [0.29, 0.717) is 6.10 Å². The zero-order valence-electron chi connectivity index (χ0n) is 8.47. The molecule has 0 aliphatic heterocycles.